The summed E-state index contributed by atoms with van der Waals surface area (Å²) >= 11 is 6.00. The molecule has 0 aromatic heterocycles. The molecule has 0 bridgehead atoms. The van der Waals surface area contributed by atoms with Crippen LogP contribution in [0.25, 0.3) is 0 Å². The number of halogens is 1. The summed E-state index contributed by atoms with van der Waals surface area (Å²) in [6, 6.07) is 5.39. The lowest BCUT2D eigenvalue weighted by Crippen LogP contribution is -2.36. The summed E-state index contributed by atoms with van der Waals surface area (Å²) in [5.74, 6) is 1.35. The predicted octanol–water partition coefficient (Wildman–Crippen LogP) is 3.04. The quantitative estimate of drug-likeness (QED) is 0.790. The molecule has 0 aliphatic carbocycles. The van der Waals surface area contributed by atoms with E-state index in [1.807, 2.05) is 17.9 Å². The number of carbonyl (C=O) groups is 1. The topological polar surface area (TPSA) is 50.8 Å². The largest absolute Gasteiger partial charge is 0.495 e. The minimum absolute atomic E-state index is 0.160. The van der Waals surface area contributed by atoms with E-state index < -0.39 is 0 Å². The van der Waals surface area contributed by atoms with E-state index in [4.69, 9.17) is 21.1 Å². The Balaban J connectivity index is 1.82. The SMILES string of the molecule is CCN(CC1CCOC1)C(=O)CCNc1cc(Cl)ccc1OC. The summed E-state index contributed by atoms with van der Waals surface area (Å²) in [5, 5.41) is 3.86. The normalized spacial score (nSPS) is 17.1. The molecule has 23 heavy (non-hydrogen) atoms. The number of methoxy groups -OCH3 is 1. The molecule has 1 unspecified atom stereocenters. The van der Waals surface area contributed by atoms with Crippen LogP contribution in [0.1, 0.15) is 19.8 Å². The Bertz CT molecular complexity index is 519. The van der Waals surface area contributed by atoms with Crippen molar-refractivity contribution in [2.24, 2.45) is 5.92 Å². The number of benzene rings is 1. The van der Waals surface area contributed by atoms with Crippen molar-refractivity contribution in [2.45, 2.75) is 19.8 Å². The van der Waals surface area contributed by atoms with Gasteiger partial charge in [-0.1, -0.05) is 11.6 Å². The molecule has 6 heteroatoms. The van der Waals surface area contributed by atoms with Crippen molar-refractivity contribution >= 4 is 23.2 Å². The number of rotatable bonds is 8. The van der Waals surface area contributed by atoms with Gasteiger partial charge in [0.1, 0.15) is 5.75 Å². The third kappa shape index (κ3) is 5.29. The molecular formula is C17H25ClN2O3. The van der Waals surface area contributed by atoms with E-state index in [-0.39, 0.29) is 5.91 Å². The Kier molecular flexibility index (Phi) is 6.99. The second-order valence-corrected chi connectivity index (χ2v) is 6.12. The maximum Gasteiger partial charge on any atom is 0.224 e. The summed E-state index contributed by atoms with van der Waals surface area (Å²) in [6.07, 6.45) is 1.48. The highest BCUT2D eigenvalue weighted by atomic mass is 35.5. The number of hydrogen-bond donors (Lipinski definition) is 1. The highest BCUT2D eigenvalue weighted by molar-refractivity contribution is 6.30. The second kappa shape index (κ2) is 8.99. The van der Waals surface area contributed by atoms with Crippen LogP contribution in [-0.2, 0) is 9.53 Å². The zero-order chi connectivity index (χ0) is 16.7. The van der Waals surface area contributed by atoms with E-state index in [1.165, 1.54) is 0 Å². The van der Waals surface area contributed by atoms with E-state index in [0.29, 0.717) is 23.9 Å². The summed E-state index contributed by atoms with van der Waals surface area (Å²) in [5.41, 5.74) is 0.806. The number of ether oxygens (including phenoxy) is 2. The van der Waals surface area contributed by atoms with Gasteiger partial charge < -0.3 is 19.7 Å². The smallest absolute Gasteiger partial charge is 0.224 e. The van der Waals surface area contributed by atoms with Crippen LogP contribution in [0, 0.1) is 5.92 Å². The van der Waals surface area contributed by atoms with Crippen molar-refractivity contribution < 1.29 is 14.3 Å². The van der Waals surface area contributed by atoms with Crippen LogP contribution in [0.3, 0.4) is 0 Å². The lowest BCUT2D eigenvalue weighted by molar-refractivity contribution is -0.131. The fourth-order valence-electron chi connectivity index (χ4n) is 2.73. The highest BCUT2D eigenvalue weighted by Crippen LogP contribution is 2.27. The zero-order valence-corrected chi connectivity index (χ0v) is 14.6. The van der Waals surface area contributed by atoms with Crippen LogP contribution in [0.4, 0.5) is 5.69 Å². The molecule has 1 aromatic rings. The molecule has 1 saturated heterocycles. The Morgan fingerprint density at radius 1 is 1.52 bits per heavy atom. The second-order valence-electron chi connectivity index (χ2n) is 5.68. The standard InChI is InChI=1S/C17H25ClN2O3/c1-3-20(11-13-7-9-23-12-13)17(21)6-8-19-15-10-14(18)4-5-16(15)22-2/h4-5,10,13,19H,3,6-9,11-12H2,1-2H3. The average molecular weight is 341 g/mol. The van der Waals surface area contributed by atoms with Crippen LogP contribution in [0.2, 0.25) is 5.02 Å². The minimum Gasteiger partial charge on any atom is -0.495 e. The van der Waals surface area contributed by atoms with Crippen molar-refractivity contribution in [3.8, 4) is 5.75 Å². The number of anilines is 1. The number of carbonyl (C=O) groups excluding carboxylic acids is 1. The number of amides is 1. The van der Waals surface area contributed by atoms with Crippen molar-refractivity contribution in [3.05, 3.63) is 23.2 Å². The Labute approximate surface area is 142 Å². The van der Waals surface area contributed by atoms with Gasteiger partial charge in [-0.2, -0.15) is 0 Å². The molecule has 0 radical (unpaired) electrons. The minimum atomic E-state index is 0.160. The highest BCUT2D eigenvalue weighted by Gasteiger charge is 2.21. The van der Waals surface area contributed by atoms with Crippen LogP contribution in [0.15, 0.2) is 18.2 Å². The summed E-state index contributed by atoms with van der Waals surface area (Å²) in [4.78, 5) is 14.3. The van der Waals surface area contributed by atoms with E-state index in [1.54, 1.807) is 19.2 Å². The number of nitrogens with one attached hydrogen (secondary N) is 1. The van der Waals surface area contributed by atoms with Crippen molar-refractivity contribution in [1.82, 2.24) is 4.90 Å². The van der Waals surface area contributed by atoms with Crippen molar-refractivity contribution in [1.29, 1.82) is 0 Å². The zero-order valence-electron chi connectivity index (χ0n) is 13.8. The van der Waals surface area contributed by atoms with E-state index in [0.717, 1.165) is 44.2 Å². The molecule has 1 atom stereocenters. The lowest BCUT2D eigenvalue weighted by Gasteiger charge is -2.24. The van der Waals surface area contributed by atoms with Crippen LogP contribution in [0.5, 0.6) is 5.75 Å². The molecular weight excluding hydrogens is 316 g/mol. The molecule has 1 N–H and O–H groups in total. The first-order chi connectivity index (χ1) is 11.1. The Morgan fingerprint density at radius 2 is 2.35 bits per heavy atom. The van der Waals surface area contributed by atoms with Gasteiger partial charge in [0.15, 0.2) is 0 Å². The predicted molar refractivity (Wildman–Crippen MR) is 92.3 cm³/mol. The molecule has 1 aromatic carbocycles. The van der Waals surface area contributed by atoms with Crippen molar-refractivity contribution in [3.63, 3.8) is 0 Å². The van der Waals surface area contributed by atoms with Crippen LogP contribution in [-0.4, -0.2) is 50.8 Å². The Hall–Kier alpha value is -1.46. The number of hydrogen-bond acceptors (Lipinski definition) is 4. The maximum atomic E-state index is 12.4. The molecule has 1 fully saturated rings. The first-order valence-electron chi connectivity index (χ1n) is 8.07. The van der Waals surface area contributed by atoms with Gasteiger partial charge in [0, 0.05) is 43.6 Å². The van der Waals surface area contributed by atoms with Gasteiger partial charge in [0.25, 0.3) is 0 Å². The van der Waals surface area contributed by atoms with Crippen molar-refractivity contribution in [2.75, 3.05) is 45.3 Å². The fraction of sp³-hybridized carbons (Fsp3) is 0.588. The molecule has 1 aliphatic heterocycles. The number of nitrogens with zero attached hydrogens (tertiary/aromatic N) is 1. The summed E-state index contributed by atoms with van der Waals surface area (Å²) in [7, 11) is 1.61. The van der Waals surface area contributed by atoms with Gasteiger partial charge in [-0.15, -0.1) is 0 Å². The average Bonchev–Trinajstić information content (AvgIpc) is 3.05. The first kappa shape index (κ1) is 17.9. The summed E-state index contributed by atoms with van der Waals surface area (Å²) in [6.45, 7) is 5.66. The van der Waals surface area contributed by atoms with Gasteiger partial charge in [-0.05, 0) is 31.5 Å². The maximum absolute atomic E-state index is 12.4. The van der Waals surface area contributed by atoms with Gasteiger partial charge in [0.2, 0.25) is 5.91 Å². The Morgan fingerprint density at radius 3 is 3.00 bits per heavy atom. The monoisotopic (exact) mass is 340 g/mol. The third-order valence-electron chi connectivity index (χ3n) is 4.05. The molecule has 1 amide bonds. The van der Waals surface area contributed by atoms with Crippen LogP contribution < -0.4 is 10.1 Å². The molecule has 128 valence electrons. The van der Waals surface area contributed by atoms with E-state index in [9.17, 15) is 4.79 Å². The third-order valence-corrected chi connectivity index (χ3v) is 4.29. The summed E-state index contributed by atoms with van der Waals surface area (Å²) < 4.78 is 10.7. The molecule has 5 nitrogen and oxygen atoms in total. The molecule has 1 aliphatic rings. The molecule has 1 heterocycles. The lowest BCUT2D eigenvalue weighted by atomic mass is 10.1. The van der Waals surface area contributed by atoms with E-state index in [2.05, 4.69) is 5.32 Å². The van der Waals surface area contributed by atoms with Gasteiger partial charge >= 0.3 is 0 Å². The molecule has 2 rings (SSSR count). The van der Waals surface area contributed by atoms with E-state index >= 15 is 0 Å². The first-order valence-corrected chi connectivity index (χ1v) is 8.44. The fourth-order valence-corrected chi connectivity index (χ4v) is 2.90. The van der Waals surface area contributed by atoms with Crippen LogP contribution >= 0.6 is 11.6 Å². The van der Waals surface area contributed by atoms with Gasteiger partial charge in [-0.3, -0.25) is 4.79 Å². The molecule has 0 spiro atoms. The van der Waals surface area contributed by atoms with Gasteiger partial charge in [-0.25, -0.2) is 0 Å². The molecule has 0 saturated carbocycles. The van der Waals surface area contributed by atoms with Gasteiger partial charge in [0.05, 0.1) is 19.4 Å².